The van der Waals surface area contributed by atoms with Crippen LogP contribution in [0.15, 0.2) is 48.9 Å². The summed E-state index contributed by atoms with van der Waals surface area (Å²) in [6.45, 7) is 2.07. The second-order valence-electron chi connectivity index (χ2n) is 5.30. The van der Waals surface area contributed by atoms with Crippen LogP contribution in [0.1, 0.15) is 22.8 Å². The molecule has 5 nitrogen and oxygen atoms in total. The lowest BCUT2D eigenvalue weighted by atomic mass is 10.1. The van der Waals surface area contributed by atoms with Crippen molar-refractivity contribution in [3.05, 3.63) is 60.0 Å². The lowest BCUT2D eigenvalue weighted by Gasteiger charge is -2.22. The molecule has 1 atom stereocenters. The number of carbonyl (C=O) groups is 1. The molecule has 0 fully saturated rings. The van der Waals surface area contributed by atoms with Gasteiger partial charge in [0.1, 0.15) is 5.56 Å². The van der Waals surface area contributed by atoms with Gasteiger partial charge >= 0.3 is 0 Å². The van der Waals surface area contributed by atoms with Gasteiger partial charge in [-0.15, -0.1) is 0 Å². The number of anilines is 1. The Morgan fingerprint density at radius 1 is 1.29 bits per heavy atom. The lowest BCUT2D eigenvalue weighted by molar-refractivity contribution is 0.0983. The first-order valence-electron chi connectivity index (χ1n) is 6.95. The molecular weight excluding hydrogens is 264 g/mol. The van der Waals surface area contributed by atoms with Crippen molar-refractivity contribution in [2.24, 2.45) is 0 Å². The summed E-state index contributed by atoms with van der Waals surface area (Å²) in [5.41, 5.74) is 3.34. The summed E-state index contributed by atoms with van der Waals surface area (Å²) >= 11 is 0. The van der Waals surface area contributed by atoms with E-state index in [0.29, 0.717) is 11.2 Å². The largest absolute Gasteiger partial charge is 0.305 e. The number of benzene rings is 1. The molecule has 0 saturated carbocycles. The number of hydrogen-bond acceptors (Lipinski definition) is 3. The summed E-state index contributed by atoms with van der Waals surface area (Å²) in [6, 6.07) is 9.99. The molecule has 0 radical (unpaired) electrons. The fourth-order valence-electron chi connectivity index (χ4n) is 2.98. The predicted octanol–water partition coefficient (Wildman–Crippen LogP) is 2.32. The fraction of sp³-hybridized carbons (Fsp3) is 0.188. The first kappa shape index (κ1) is 12.1. The molecular formula is C16H14N4O. The molecule has 0 saturated heterocycles. The van der Waals surface area contributed by atoms with Gasteiger partial charge in [-0.3, -0.25) is 4.79 Å². The average molecular weight is 278 g/mol. The van der Waals surface area contributed by atoms with E-state index in [-0.39, 0.29) is 11.9 Å². The molecule has 1 amide bonds. The van der Waals surface area contributed by atoms with E-state index in [1.807, 2.05) is 23.1 Å². The number of carbonyl (C=O) groups excluding carboxylic acids is 1. The van der Waals surface area contributed by atoms with Gasteiger partial charge < -0.3 is 4.90 Å². The highest BCUT2D eigenvalue weighted by atomic mass is 16.2. The van der Waals surface area contributed by atoms with E-state index in [1.165, 1.54) is 5.56 Å². The summed E-state index contributed by atoms with van der Waals surface area (Å²) in [6.07, 6.45) is 5.95. The Bertz CT molecular complexity index is 839. The van der Waals surface area contributed by atoms with Gasteiger partial charge in [0.25, 0.3) is 5.91 Å². The Hall–Kier alpha value is -2.69. The Labute approximate surface area is 121 Å². The van der Waals surface area contributed by atoms with Gasteiger partial charge in [-0.2, -0.15) is 5.10 Å². The molecule has 0 spiro atoms. The quantitative estimate of drug-likeness (QED) is 0.686. The SMILES string of the molecule is C[C@H]1Cc2ccccc2N1C(=O)c1cnn2cccnc12. The number of para-hydroxylation sites is 1. The Balaban J connectivity index is 1.82. The maximum atomic E-state index is 12.9. The van der Waals surface area contributed by atoms with E-state index in [9.17, 15) is 4.79 Å². The maximum Gasteiger partial charge on any atom is 0.264 e. The highest BCUT2D eigenvalue weighted by Gasteiger charge is 2.32. The van der Waals surface area contributed by atoms with Gasteiger partial charge in [0.05, 0.1) is 6.20 Å². The van der Waals surface area contributed by atoms with Crippen molar-refractivity contribution >= 4 is 17.2 Å². The topological polar surface area (TPSA) is 50.5 Å². The van der Waals surface area contributed by atoms with Gasteiger partial charge in [-0.1, -0.05) is 18.2 Å². The van der Waals surface area contributed by atoms with E-state index in [1.54, 1.807) is 29.2 Å². The molecule has 5 heteroatoms. The number of fused-ring (bicyclic) bond motifs is 2. The zero-order valence-corrected chi connectivity index (χ0v) is 11.6. The van der Waals surface area contributed by atoms with E-state index < -0.39 is 0 Å². The van der Waals surface area contributed by atoms with Gasteiger partial charge in [-0.05, 0) is 31.0 Å². The normalized spacial score (nSPS) is 17.2. The van der Waals surface area contributed by atoms with E-state index in [0.717, 1.165) is 12.1 Å². The van der Waals surface area contributed by atoms with Gasteiger partial charge in [0, 0.05) is 24.1 Å². The number of aromatic nitrogens is 3. The Kier molecular flexibility index (Phi) is 2.54. The van der Waals surface area contributed by atoms with Crippen LogP contribution in [0.2, 0.25) is 0 Å². The second kappa shape index (κ2) is 4.41. The van der Waals surface area contributed by atoms with Crippen molar-refractivity contribution in [3.8, 4) is 0 Å². The highest BCUT2D eigenvalue weighted by molar-refractivity contribution is 6.11. The lowest BCUT2D eigenvalue weighted by Crippen LogP contribution is -2.35. The summed E-state index contributed by atoms with van der Waals surface area (Å²) in [5, 5.41) is 4.20. The molecule has 3 aromatic rings. The average Bonchev–Trinajstić information content (AvgIpc) is 3.06. The molecule has 2 aromatic heterocycles. The van der Waals surface area contributed by atoms with Crippen LogP contribution in [0.25, 0.3) is 5.65 Å². The molecule has 104 valence electrons. The van der Waals surface area contributed by atoms with Crippen molar-refractivity contribution < 1.29 is 4.79 Å². The number of nitrogens with zero attached hydrogens (tertiary/aromatic N) is 4. The standard InChI is InChI=1S/C16H14N4O/c1-11-9-12-5-2-3-6-14(12)20(11)16(21)13-10-18-19-8-4-7-17-15(13)19/h2-8,10-11H,9H2,1H3/t11-/m0/s1. The van der Waals surface area contributed by atoms with Crippen LogP contribution in [-0.4, -0.2) is 26.5 Å². The van der Waals surface area contributed by atoms with Gasteiger partial charge in [0.15, 0.2) is 5.65 Å². The van der Waals surface area contributed by atoms with Crippen LogP contribution >= 0.6 is 0 Å². The summed E-state index contributed by atoms with van der Waals surface area (Å²) in [4.78, 5) is 19.0. The number of rotatable bonds is 1. The van der Waals surface area contributed by atoms with Crippen LogP contribution in [0, 0.1) is 0 Å². The molecule has 1 aliphatic heterocycles. The molecule has 3 heterocycles. The minimum atomic E-state index is -0.0406. The second-order valence-corrected chi connectivity index (χ2v) is 5.30. The van der Waals surface area contributed by atoms with Crippen molar-refractivity contribution in [3.63, 3.8) is 0 Å². The summed E-state index contributed by atoms with van der Waals surface area (Å²) in [7, 11) is 0. The van der Waals surface area contributed by atoms with E-state index in [2.05, 4.69) is 23.1 Å². The van der Waals surface area contributed by atoms with Crippen LogP contribution in [0.4, 0.5) is 5.69 Å². The van der Waals surface area contributed by atoms with Crippen LogP contribution in [0.5, 0.6) is 0 Å². The summed E-state index contributed by atoms with van der Waals surface area (Å²) < 4.78 is 1.62. The first-order chi connectivity index (χ1) is 10.3. The van der Waals surface area contributed by atoms with Gasteiger partial charge in [0.2, 0.25) is 0 Å². The van der Waals surface area contributed by atoms with Crippen LogP contribution in [-0.2, 0) is 6.42 Å². The number of hydrogen-bond donors (Lipinski definition) is 0. The molecule has 0 aliphatic carbocycles. The number of amides is 1. The van der Waals surface area contributed by atoms with Crippen LogP contribution < -0.4 is 4.90 Å². The van der Waals surface area contributed by atoms with E-state index in [4.69, 9.17) is 0 Å². The third kappa shape index (κ3) is 1.74. The molecule has 1 aliphatic rings. The third-order valence-corrected chi connectivity index (χ3v) is 3.94. The third-order valence-electron chi connectivity index (χ3n) is 3.94. The van der Waals surface area contributed by atoms with Crippen molar-refractivity contribution in [1.82, 2.24) is 14.6 Å². The zero-order valence-electron chi connectivity index (χ0n) is 11.6. The van der Waals surface area contributed by atoms with Crippen molar-refractivity contribution in [2.75, 3.05) is 4.90 Å². The highest BCUT2D eigenvalue weighted by Crippen LogP contribution is 2.33. The molecule has 4 rings (SSSR count). The minimum Gasteiger partial charge on any atom is -0.305 e. The van der Waals surface area contributed by atoms with Crippen molar-refractivity contribution in [1.29, 1.82) is 0 Å². The van der Waals surface area contributed by atoms with Gasteiger partial charge in [-0.25, -0.2) is 9.50 Å². The fourth-order valence-corrected chi connectivity index (χ4v) is 2.98. The first-order valence-corrected chi connectivity index (χ1v) is 6.95. The Morgan fingerprint density at radius 3 is 3.05 bits per heavy atom. The molecule has 0 bridgehead atoms. The smallest absolute Gasteiger partial charge is 0.264 e. The van der Waals surface area contributed by atoms with Crippen molar-refractivity contribution in [2.45, 2.75) is 19.4 Å². The molecule has 21 heavy (non-hydrogen) atoms. The molecule has 0 N–H and O–H groups in total. The minimum absolute atomic E-state index is 0.0406. The summed E-state index contributed by atoms with van der Waals surface area (Å²) in [5.74, 6) is -0.0406. The Morgan fingerprint density at radius 2 is 2.14 bits per heavy atom. The predicted molar refractivity (Wildman–Crippen MR) is 79.4 cm³/mol. The molecule has 1 aromatic carbocycles. The van der Waals surface area contributed by atoms with E-state index >= 15 is 0 Å². The monoisotopic (exact) mass is 278 g/mol. The van der Waals surface area contributed by atoms with Crippen LogP contribution in [0.3, 0.4) is 0 Å². The zero-order chi connectivity index (χ0) is 14.4. The maximum absolute atomic E-state index is 12.9. The molecule has 0 unspecified atom stereocenters.